The summed E-state index contributed by atoms with van der Waals surface area (Å²) in [6.45, 7) is 0. The van der Waals surface area contributed by atoms with Crippen LogP contribution in [0.2, 0.25) is 0 Å². The van der Waals surface area contributed by atoms with Gasteiger partial charge in [-0.05, 0) is 44.2 Å². The fraction of sp³-hybridized carbons (Fsp3) is 0.588. The number of nitrogens with zero attached hydrogens (tertiary/aromatic N) is 2. The third kappa shape index (κ3) is 2.31. The Balaban J connectivity index is 1.81. The van der Waals surface area contributed by atoms with Crippen molar-refractivity contribution in [2.45, 2.75) is 56.5 Å². The number of fused-ring (bicyclic) bond motifs is 1. The molecule has 2 unspecified atom stereocenters. The SMILES string of the molecule is COc1ccc2c(c1)nc(C1CCCC(N)C1)n2C1CC1. The molecule has 2 saturated carbocycles. The number of hydrogen-bond acceptors (Lipinski definition) is 3. The van der Waals surface area contributed by atoms with E-state index in [1.165, 1.54) is 37.0 Å². The third-order valence-corrected chi connectivity index (χ3v) is 4.92. The minimum absolute atomic E-state index is 0.339. The van der Waals surface area contributed by atoms with Crippen LogP contribution in [-0.2, 0) is 0 Å². The van der Waals surface area contributed by atoms with Crippen LogP contribution in [0, 0.1) is 0 Å². The van der Waals surface area contributed by atoms with Crippen LogP contribution < -0.4 is 10.5 Å². The van der Waals surface area contributed by atoms with Crippen molar-refractivity contribution in [3.05, 3.63) is 24.0 Å². The van der Waals surface area contributed by atoms with Gasteiger partial charge in [0, 0.05) is 24.1 Å². The summed E-state index contributed by atoms with van der Waals surface area (Å²) >= 11 is 0. The molecule has 2 aromatic rings. The predicted molar refractivity (Wildman–Crippen MR) is 83.7 cm³/mol. The molecule has 4 nitrogen and oxygen atoms in total. The zero-order valence-electron chi connectivity index (χ0n) is 12.6. The standard InChI is InChI=1S/C17H23N3O/c1-21-14-7-8-16-15(10-14)19-17(20(16)13-5-6-13)11-3-2-4-12(18)9-11/h7-8,10-13H,2-6,9,18H2,1H3. The first-order chi connectivity index (χ1) is 10.3. The summed E-state index contributed by atoms with van der Waals surface area (Å²) < 4.78 is 7.82. The van der Waals surface area contributed by atoms with E-state index < -0.39 is 0 Å². The molecule has 4 heteroatoms. The molecule has 1 heterocycles. The molecule has 0 amide bonds. The van der Waals surface area contributed by atoms with Gasteiger partial charge in [-0.1, -0.05) is 6.42 Å². The van der Waals surface area contributed by atoms with Crippen LogP contribution >= 0.6 is 0 Å². The Morgan fingerprint density at radius 2 is 2.10 bits per heavy atom. The van der Waals surface area contributed by atoms with E-state index >= 15 is 0 Å². The first kappa shape index (κ1) is 13.1. The number of imidazole rings is 1. The Bertz CT molecular complexity index is 659. The summed E-state index contributed by atoms with van der Waals surface area (Å²) in [4.78, 5) is 4.97. The second-order valence-electron chi connectivity index (χ2n) is 6.55. The van der Waals surface area contributed by atoms with Crippen LogP contribution in [0.1, 0.15) is 56.3 Å². The van der Waals surface area contributed by atoms with E-state index in [-0.39, 0.29) is 0 Å². The second kappa shape index (κ2) is 5.02. The van der Waals surface area contributed by atoms with Crippen LogP contribution in [0.3, 0.4) is 0 Å². The molecule has 2 atom stereocenters. The highest BCUT2D eigenvalue weighted by Gasteiger charge is 2.32. The lowest BCUT2D eigenvalue weighted by Gasteiger charge is -2.26. The van der Waals surface area contributed by atoms with Crippen LogP contribution in [-0.4, -0.2) is 22.7 Å². The summed E-state index contributed by atoms with van der Waals surface area (Å²) in [7, 11) is 1.71. The number of benzene rings is 1. The topological polar surface area (TPSA) is 53.1 Å². The molecule has 0 aliphatic heterocycles. The van der Waals surface area contributed by atoms with Gasteiger partial charge in [-0.2, -0.15) is 0 Å². The van der Waals surface area contributed by atoms with Crippen LogP contribution in [0.5, 0.6) is 5.75 Å². The minimum atomic E-state index is 0.339. The summed E-state index contributed by atoms with van der Waals surface area (Å²) in [6.07, 6.45) is 7.25. The normalized spacial score (nSPS) is 26.2. The second-order valence-corrected chi connectivity index (χ2v) is 6.55. The molecule has 2 N–H and O–H groups in total. The largest absolute Gasteiger partial charge is 0.497 e. The molecule has 1 aromatic carbocycles. The Morgan fingerprint density at radius 3 is 2.81 bits per heavy atom. The smallest absolute Gasteiger partial charge is 0.121 e. The van der Waals surface area contributed by atoms with Crippen LogP contribution in [0.25, 0.3) is 11.0 Å². The maximum Gasteiger partial charge on any atom is 0.121 e. The van der Waals surface area contributed by atoms with Crippen molar-refractivity contribution in [3.63, 3.8) is 0 Å². The third-order valence-electron chi connectivity index (χ3n) is 4.92. The van der Waals surface area contributed by atoms with Crippen molar-refractivity contribution in [1.82, 2.24) is 9.55 Å². The van der Waals surface area contributed by atoms with Gasteiger partial charge in [-0.15, -0.1) is 0 Å². The molecule has 0 spiro atoms. The summed E-state index contributed by atoms with van der Waals surface area (Å²) in [5.41, 5.74) is 8.51. The monoisotopic (exact) mass is 285 g/mol. The van der Waals surface area contributed by atoms with Gasteiger partial charge in [0.1, 0.15) is 11.6 Å². The average Bonchev–Trinajstić information content (AvgIpc) is 3.26. The van der Waals surface area contributed by atoms with E-state index in [1.807, 2.05) is 6.07 Å². The van der Waals surface area contributed by atoms with Gasteiger partial charge in [0.15, 0.2) is 0 Å². The average molecular weight is 285 g/mol. The lowest BCUT2D eigenvalue weighted by atomic mass is 9.85. The number of nitrogens with two attached hydrogens (primary N) is 1. The zero-order chi connectivity index (χ0) is 14.4. The van der Waals surface area contributed by atoms with E-state index in [0.29, 0.717) is 18.0 Å². The first-order valence-electron chi connectivity index (χ1n) is 8.07. The summed E-state index contributed by atoms with van der Waals surface area (Å²) in [5.74, 6) is 2.67. The number of ether oxygens (including phenoxy) is 1. The van der Waals surface area contributed by atoms with Crippen LogP contribution in [0.15, 0.2) is 18.2 Å². The molecule has 0 radical (unpaired) electrons. The Kier molecular flexibility index (Phi) is 3.14. The van der Waals surface area contributed by atoms with Gasteiger partial charge in [-0.25, -0.2) is 4.98 Å². The molecule has 1 aromatic heterocycles. The Hall–Kier alpha value is -1.55. The van der Waals surface area contributed by atoms with Crippen molar-refractivity contribution < 1.29 is 4.74 Å². The molecule has 2 aliphatic carbocycles. The predicted octanol–water partition coefficient (Wildman–Crippen LogP) is 3.36. The van der Waals surface area contributed by atoms with Gasteiger partial charge in [0.25, 0.3) is 0 Å². The Morgan fingerprint density at radius 1 is 1.24 bits per heavy atom. The zero-order valence-corrected chi connectivity index (χ0v) is 12.6. The summed E-state index contributed by atoms with van der Waals surface area (Å²) in [5, 5.41) is 0. The van der Waals surface area contributed by atoms with E-state index in [4.69, 9.17) is 15.5 Å². The van der Waals surface area contributed by atoms with Gasteiger partial charge >= 0.3 is 0 Å². The highest BCUT2D eigenvalue weighted by Crippen LogP contribution is 2.43. The van der Waals surface area contributed by atoms with E-state index in [0.717, 1.165) is 24.1 Å². The van der Waals surface area contributed by atoms with Crippen molar-refractivity contribution in [2.75, 3.05) is 7.11 Å². The molecule has 2 fully saturated rings. The lowest BCUT2D eigenvalue weighted by Crippen LogP contribution is -2.28. The number of methoxy groups -OCH3 is 1. The van der Waals surface area contributed by atoms with E-state index in [9.17, 15) is 0 Å². The first-order valence-corrected chi connectivity index (χ1v) is 8.07. The van der Waals surface area contributed by atoms with Crippen molar-refractivity contribution in [3.8, 4) is 5.75 Å². The highest BCUT2D eigenvalue weighted by molar-refractivity contribution is 5.78. The van der Waals surface area contributed by atoms with Gasteiger partial charge in [-0.3, -0.25) is 0 Å². The maximum atomic E-state index is 6.19. The molecular formula is C17H23N3O. The minimum Gasteiger partial charge on any atom is -0.497 e. The molecule has 0 saturated heterocycles. The Labute approximate surface area is 125 Å². The van der Waals surface area contributed by atoms with Crippen LogP contribution in [0.4, 0.5) is 0 Å². The lowest BCUT2D eigenvalue weighted by molar-refractivity contribution is 0.374. The fourth-order valence-corrected chi connectivity index (χ4v) is 3.69. The molecule has 0 bridgehead atoms. The molecule has 4 rings (SSSR count). The number of rotatable bonds is 3. The quantitative estimate of drug-likeness (QED) is 0.940. The van der Waals surface area contributed by atoms with Crippen molar-refractivity contribution in [2.24, 2.45) is 5.73 Å². The molecular weight excluding hydrogens is 262 g/mol. The van der Waals surface area contributed by atoms with E-state index in [2.05, 4.69) is 16.7 Å². The van der Waals surface area contributed by atoms with Gasteiger partial charge in [0.2, 0.25) is 0 Å². The van der Waals surface area contributed by atoms with Crippen molar-refractivity contribution >= 4 is 11.0 Å². The molecule has 112 valence electrons. The maximum absolute atomic E-state index is 6.19. The van der Waals surface area contributed by atoms with Gasteiger partial charge < -0.3 is 15.0 Å². The van der Waals surface area contributed by atoms with Gasteiger partial charge in [0.05, 0.1) is 18.1 Å². The van der Waals surface area contributed by atoms with E-state index in [1.54, 1.807) is 7.11 Å². The number of aromatic nitrogens is 2. The highest BCUT2D eigenvalue weighted by atomic mass is 16.5. The fourth-order valence-electron chi connectivity index (χ4n) is 3.69. The number of hydrogen-bond donors (Lipinski definition) is 1. The van der Waals surface area contributed by atoms with Crippen molar-refractivity contribution in [1.29, 1.82) is 0 Å². The molecule has 2 aliphatic rings. The summed E-state index contributed by atoms with van der Waals surface area (Å²) in [6, 6.07) is 7.24. The molecule has 21 heavy (non-hydrogen) atoms.